The third kappa shape index (κ3) is 5.73. The summed E-state index contributed by atoms with van der Waals surface area (Å²) in [5, 5.41) is 5.92. The van der Waals surface area contributed by atoms with Gasteiger partial charge in [-0.25, -0.2) is 0 Å². The number of rotatable bonds is 5. The molecule has 2 amide bonds. The Bertz CT molecular complexity index is 938. The molecule has 1 heterocycles. The number of hydrogen-bond donors (Lipinski definition) is 2. The lowest BCUT2D eigenvalue weighted by Gasteiger charge is -2.37. The first-order chi connectivity index (χ1) is 14.9. The number of methoxy groups -OCH3 is 1. The highest BCUT2D eigenvalue weighted by Crippen LogP contribution is 2.21. The standard InChI is InChI=1S/C23H28N4O3S/c1-16(2)22(29)27-14-12-26(13-15-27)18-10-8-17(9-11-18)24-23(31)25-21(28)19-6-4-5-7-20(19)30-3/h4-11,16H,12-15H2,1-3H3,(H2,24,25,28,31). The van der Waals surface area contributed by atoms with E-state index in [1.807, 2.05) is 43.0 Å². The van der Waals surface area contributed by atoms with E-state index in [9.17, 15) is 9.59 Å². The maximum Gasteiger partial charge on any atom is 0.261 e. The van der Waals surface area contributed by atoms with Gasteiger partial charge in [-0.05, 0) is 48.6 Å². The molecule has 31 heavy (non-hydrogen) atoms. The van der Waals surface area contributed by atoms with Crippen LogP contribution in [0.2, 0.25) is 0 Å². The minimum absolute atomic E-state index is 0.0317. The van der Waals surface area contributed by atoms with Crippen LogP contribution in [-0.2, 0) is 4.79 Å². The molecule has 1 saturated heterocycles. The maximum absolute atomic E-state index is 12.4. The van der Waals surface area contributed by atoms with Crippen molar-refractivity contribution >= 4 is 40.5 Å². The van der Waals surface area contributed by atoms with Crippen molar-refractivity contribution in [2.24, 2.45) is 5.92 Å². The largest absolute Gasteiger partial charge is 0.496 e. The second-order valence-electron chi connectivity index (χ2n) is 7.62. The fourth-order valence-corrected chi connectivity index (χ4v) is 3.68. The molecule has 1 fully saturated rings. The van der Waals surface area contributed by atoms with E-state index in [4.69, 9.17) is 17.0 Å². The highest BCUT2D eigenvalue weighted by molar-refractivity contribution is 7.80. The molecule has 7 nitrogen and oxygen atoms in total. The molecular formula is C23H28N4O3S. The van der Waals surface area contributed by atoms with Crippen LogP contribution < -0.4 is 20.3 Å². The normalized spacial score (nSPS) is 13.7. The van der Waals surface area contributed by atoms with Gasteiger partial charge in [-0.1, -0.05) is 26.0 Å². The quantitative estimate of drug-likeness (QED) is 0.696. The summed E-state index contributed by atoms with van der Waals surface area (Å²) in [5.41, 5.74) is 2.29. The molecule has 0 aromatic heterocycles. The lowest BCUT2D eigenvalue weighted by molar-refractivity contribution is -0.134. The summed E-state index contributed by atoms with van der Waals surface area (Å²) in [7, 11) is 1.52. The van der Waals surface area contributed by atoms with Gasteiger partial charge in [0.25, 0.3) is 5.91 Å². The number of nitrogens with zero attached hydrogens (tertiary/aromatic N) is 2. The minimum Gasteiger partial charge on any atom is -0.496 e. The number of nitrogens with one attached hydrogen (secondary N) is 2. The molecule has 0 atom stereocenters. The van der Waals surface area contributed by atoms with Crippen molar-refractivity contribution in [3.63, 3.8) is 0 Å². The molecule has 8 heteroatoms. The van der Waals surface area contributed by atoms with E-state index < -0.39 is 0 Å². The zero-order valence-corrected chi connectivity index (χ0v) is 18.9. The second-order valence-corrected chi connectivity index (χ2v) is 8.03. The minimum atomic E-state index is -0.333. The van der Waals surface area contributed by atoms with Crippen molar-refractivity contribution in [1.29, 1.82) is 0 Å². The first kappa shape index (κ1) is 22.6. The fourth-order valence-electron chi connectivity index (χ4n) is 3.47. The Balaban J connectivity index is 1.53. The molecule has 1 aliphatic heterocycles. The topological polar surface area (TPSA) is 73.9 Å². The van der Waals surface area contributed by atoms with Crippen LogP contribution in [0.4, 0.5) is 11.4 Å². The Morgan fingerprint density at radius 3 is 2.26 bits per heavy atom. The number of benzene rings is 2. The summed E-state index contributed by atoms with van der Waals surface area (Å²) in [5.74, 6) is 0.398. The van der Waals surface area contributed by atoms with Crippen LogP contribution in [0.5, 0.6) is 5.75 Å². The third-order valence-electron chi connectivity index (χ3n) is 5.15. The van der Waals surface area contributed by atoms with Gasteiger partial charge in [-0.2, -0.15) is 0 Å². The van der Waals surface area contributed by atoms with Crippen LogP contribution in [0.15, 0.2) is 48.5 Å². The van der Waals surface area contributed by atoms with Gasteiger partial charge in [0.1, 0.15) is 5.75 Å². The average Bonchev–Trinajstić information content (AvgIpc) is 2.79. The number of ether oxygens (including phenoxy) is 1. The Hall–Kier alpha value is -3.13. The van der Waals surface area contributed by atoms with E-state index in [-0.39, 0.29) is 22.8 Å². The van der Waals surface area contributed by atoms with Crippen molar-refractivity contribution in [3.8, 4) is 5.75 Å². The lowest BCUT2D eigenvalue weighted by atomic mass is 10.1. The molecule has 0 bridgehead atoms. The molecule has 0 radical (unpaired) electrons. The number of para-hydroxylation sites is 1. The number of carbonyl (C=O) groups excluding carboxylic acids is 2. The van der Waals surface area contributed by atoms with Gasteiger partial charge in [0.05, 0.1) is 12.7 Å². The van der Waals surface area contributed by atoms with Crippen LogP contribution >= 0.6 is 12.2 Å². The molecule has 0 unspecified atom stereocenters. The van der Waals surface area contributed by atoms with Gasteiger partial charge >= 0.3 is 0 Å². The van der Waals surface area contributed by atoms with Gasteiger partial charge in [-0.15, -0.1) is 0 Å². The summed E-state index contributed by atoms with van der Waals surface area (Å²) in [6, 6.07) is 14.8. The number of carbonyl (C=O) groups is 2. The van der Waals surface area contributed by atoms with Crippen LogP contribution in [0.25, 0.3) is 0 Å². The fraction of sp³-hybridized carbons (Fsp3) is 0.348. The Kier molecular flexibility index (Phi) is 7.46. The SMILES string of the molecule is COc1ccccc1C(=O)NC(=S)Nc1ccc(N2CCN(C(=O)C(C)C)CC2)cc1. The highest BCUT2D eigenvalue weighted by atomic mass is 32.1. The molecule has 0 aliphatic carbocycles. The maximum atomic E-state index is 12.4. The van der Waals surface area contributed by atoms with E-state index in [1.165, 1.54) is 7.11 Å². The van der Waals surface area contributed by atoms with Gasteiger partial charge in [0, 0.05) is 43.5 Å². The average molecular weight is 441 g/mol. The van der Waals surface area contributed by atoms with Gasteiger partial charge in [0.15, 0.2) is 5.11 Å². The zero-order chi connectivity index (χ0) is 22.4. The third-order valence-corrected chi connectivity index (χ3v) is 5.36. The number of amides is 2. The molecule has 0 saturated carbocycles. The zero-order valence-electron chi connectivity index (χ0n) is 18.1. The first-order valence-electron chi connectivity index (χ1n) is 10.3. The van der Waals surface area contributed by atoms with Crippen molar-refractivity contribution in [2.75, 3.05) is 43.5 Å². The van der Waals surface area contributed by atoms with Crippen LogP contribution in [0, 0.1) is 5.92 Å². The van der Waals surface area contributed by atoms with Crippen molar-refractivity contribution in [2.45, 2.75) is 13.8 Å². The van der Waals surface area contributed by atoms with E-state index in [0.717, 1.165) is 37.6 Å². The molecule has 3 rings (SSSR count). The predicted octanol–water partition coefficient (Wildman–Crippen LogP) is 3.13. The Morgan fingerprint density at radius 1 is 1.00 bits per heavy atom. The molecule has 2 aromatic carbocycles. The van der Waals surface area contributed by atoms with Crippen molar-refractivity contribution < 1.29 is 14.3 Å². The summed E-state index contributed by atoms with van der Waals surface area (Å²) in [4.78, 5) is 28.8. The summed E-state index contributed by atoms with van der Waals surface area (Å²) < 4.78 is 5.22. The summed E-state index contributed by atoms with van der Waals surface area (Å²) >= 11 is 5.28. The second kappa shape index (κ2) is 10.3. The monoisotopic (exact) mass is 440 g/mol. The smallest absolute Gasteiger partial charge is 0.261 e. The molecule has 0 spiro atoms. The number of piperazine rings is 1. The highest BCUT2D eigenvalue weighted by Gasteiger charge is 2.23. The van der Waals surface area contributed by atoms with Crippen LogP contribution in [0.1, 0.15) is 24.2 Å². The van der Waals surface area contributed by atoms with Gasteiger partial charge in [0.2, 0.25) is 5.91 Å². The molecule has 1 aliphatic rings. The first-order valence-corrected chi connectivity index (χ1v) is 10.7. The van der Waals surface area contributed by atoms with Crippen molar-refractivity contribution in [1.82, 2.24) is 10.2 Å². The molecular weight excluding hydrogens is 412 g/mol. The van der Waals surface area contributed by atoms with Gasteiger partial charge in [-0.3, -0.25) is 14.9 Å². The summed E-state index contributed by atoms with van der Waals surface area (Å²) in [6.07, 6.45) is 0. The number of thiocarbonyl (C=S) groups is 1. The molecule has 2 N–H and O–H groups in total. The molecule has 2 aromatic rings. The number of anilines is 2. The Morgan fingerprint density at radius 2 is 1.65 bits per heavy atom. The van der Waals surface area contributed by atoms with Crippen molar-refractivity contribution in [3.05, 3.63) is 54.1 Å². The van der Waals surface area contributed by atoms with E-state index in [2.05, 4.69) is 15.5 Å². The van der Waals surface area contributed by atoms with Crippen LogP contribution in [0.3, 0.4) is 0 Å². The number of hydrogen-bond acceptors (Lipinski definition) is 5. The van der Waals surface area contributed by atoms with Gasteiger partial charge < -0.3 is 19.9 Å². The van der Waals surface area contributed by atoms with E-state index >= 15 is 0 Å². The van der Waals surface area contributed by atoms with E-state index in [1.54, 1.807) is 24.3 Å². The molecule has 164 valence electrons. The lowest BCUT2D eigenvalue weighted by Crippen LogP contribution is -2.49. The Labute approximate surface area is 188 Å². The van der Waals surface area contributed by atoms with E-state index in [0.29, 0.717) is 11.3 Å². The predicted molar refractivity (Wildman–Crippen MR) is 127 cm³/mol. The van der Waals surface area contributed by atoms with Crippen LogP contribution in [-0.4, -0.2) is 55.1 Å². The summed E-state index contributed by atoms with van der Waals surface area (Å²) in [6.45, 7) is 6.94.